The molecule has 18 heavy (non-hydrogen) atoms. The Morgan fingerprint density at radius 1 is 1.44 bits per heavy atom. The van der Waals surface area contributed by atoms with E-state index in [0.717, 1.165) is 10.9 Å². The van der Waals surface area contributed by atoms with Gasteiger partial charge in [-0.3, -0.25) is 9.78 Å². The van der Waals surface area contributed by atoms with E-state index < -0.39 is 0 Å². The maximum Gasteiger partial charge on any atom is 0.253 e. The zero-order valence-electron chi connectivity index (χ0n) is 10.4. The molecule has 0 bridgehead atoms. The van der Waals surface area contributed by atoms with E-state index in [4.69, 9.17) is 11.6 Å². The van der Waals surface area contributed by atoms with Crippen LogP contribution >= 0.6 is 11.6 Å². The Balaban J connectivity index is 2.33. The van der Waals surface area contributed by atoms with Crippen LogP contribution in [0.2, 0.25) is 0 Å². The van der Waals surface area contributed by atoms with E-state index in [0.29, 0.717) is 11.4 Å². The standard InChI is InChI=1S/C14H15ClN2O/c1-10(9-15)17(2)14(18)12-5-6-13-11(8-12)4-3-7-16-13/h3-8,10H,9H2,1-2H3. The molecule has 0 aliphatic carbocycles. The molecule has 3 nitrogen and oxygen atoms in total. The predicted octanol–water partition coefficient (Wildman–Crippen LogP) is 2.93. The SMILES string of the molecule is CC(CCl)N(C)C(=O)c1ccc2ncccc2c1. The number of amides is 1. The van der Waals surface area contributed by atoms with Crippen LogP contribution in [0.5, 0.6) is 0 Å². The van der Waals surface area contributed by atoms with Crippen LogP contribution in [0.3, 0.4) is 0 Å². The number of aromatic nitrogens is 1. The molecule has 4 heteroatoms. The largest absolute Gasteiger partial charge is 0.338 e. The Morgan fingerprint density at radius 2 is 2.22 bits per heavy atom. The maximum absolute atomic E-state index is 12.2. The molecule has 0 aliphatic rings. The number of hydrogen-bond acceptors (Lipinski definition) is 2. The summed E-state index contributed by atoms with van der Waals surface area (Å²) in [6, 6.07) is 9.36. The lowest BCUT2D eigenvalue weighted by molar-refractivity contribution is 0.0757. The van der Waals surface area contributed by atoms with E-state index in [1.54, 1.807) is 24.2 Å². The first kappa shape index (κ1) is 12.8. The summed E-state index contributed by atoms with van der Waals surface area (Å²) >= 11 is 5.77. The fraction of sp³-hybridized carbons (Fsp3) is 0.286. The highest BCUT2D eigenvalue weighted by molar-refractivity contribution is 6.18. The Hall–Kier alpha value is -1.61. The average molecular weight is 263 g/mol. The lowest BCUT2D eigenvalue weighted by Gasteiger charge is -2.23. The van der Waals surface area contributed by atoms with E-state index >= 15 is 0 Å². The molecular formula is C14H15ClN2O. The predicted molar refractivity (Wildman–Crippen MR) is 74.0 cm³/mol. The number of fused-ring (bicyclic) bond motifs is 1. The number of hydrogen-bond donors (Lipinski definition) is 0. The molecule has 2 aromatic rings. The molecule has 0 aliphatic heterocycles. The fourth-order valence-electron chi connectivity index (χ4n) is 1.72. The van der Waals surface area contributed by atoms with Gasteiger partial charge in [-0.25, -0.2) is 0 Å². The van der Waals surface area contributed by atoms with E-state index in [1.807, 2.05) is 31.2 Å². The summed E-state index contributed by atoms with van der Waals surface area (Å²) in [4.78, 5) is 18.1. The van der Waals surface area contributed by atoms with Crippen LogP contribution in [0, 0.1) is 0 Å². The molecule has 1 amide bonds. The van der Waals surface area contributed by atoms with Gasteiger partial charge in [0.15, 0.2) is 0 Å². The fourth-order valence-corrected chi connectivity index (χ4v) is 1.92. The van der Waals surface area contributed by atoms with Gasteiger partial charge < -0.3 is 4.90 Å². The van der Waals surface area contributed by atoms with Gasteiger partial charge >= 0.3 is 0 Å². The second kappa shape index (κ2) is 5.36. The van der Waals surface area contributed by atoms with Gasteiger partial charge in [0.25, 0.3) is 5.91 Å². The molecule has 0 radical (unpaired) electrons. The molecule has 94 valence electrons. The number of rotatable bonds is 3. The van der Waals surface area contributed by atoms with Crippen molar-refractivity contribution >= 4 is 28.4 Å². The lowest BCUT2D eigenvalue weighted by atomic mass is 10.1. The molecule has 0 spiro atoms. The van der Waals surface area contributed by atoms with E-state index in [1.165, 1.54) is 0 Å². The maximum atomic E-state index is 12.2. The van der Waals surface area contributed by atoms with Crippen LogP contribution in [0.15, 0.2) is 36.5 Å². The third kappa shape index (κ3) is 2.46. The minimum atomic E-state index is -0.0195. The number of carbonyl (C=O) groups is 1. The van der Waals surface area contributed by atoms with Crippen molar-refractivity contribution in [3.63, 3.8) is 0 Å². The average Bonchev–Trinajstić information content (AvgIpc) is 2.44. The molecule has 1 atom stereocenters. The first-order chi connectivity index (χ1) is 8.63. The van der Waals surface area contributed by atoms with Gasteiger partial charge in [0, 0.05) is 36.1 Å². The summed E-state index contributed by atoms with van der Waals surface area (Å²) in [5.41, 5.74) is 1.55. The van der Waals surface area contributed by atoms with Crippen LogP contribution in [-0.2, 0) is 0 Å². The van der Waals surface area contributed by atoms with Gasteiger partial charge in [-0.05, 0) is 31.2 Å². The van der Waals surface area contributed by atoms with Crippen molar-refractivity contribution in [1.82, 2.24) is 9.88 Å². The molecule has 0 N–H and O–H groups in total. The zero-order chi connectivity index (χ0) is 13.1. The second-order valence-corrected chi connectivity index (χ2v) is 4.64. The topological polar surface area (TPSA) is 33.2 Å². The Bertz CT molecular complexity index is 570. The van der Waals surface area contributed by atoms with Crippen molar-refractivity contribution in [1.29, 1.82) is 0 Å². The summed E-state index contributed by atoms with van der Waals surface area (Å²) < 4.78 is 0. The van der Waals surface area contributed by atoms with Gasteiger partial charge in [-0.15, -0.1) is 11.6 Å². The van der Waals surface area contributed by atoms with Crippen LogP contribution < -0.4 is 0 Å². The summed E-state index contributed by atoms with van der Waals surface area (Å²) in [5.74, 6) is 0.408. The highest BCUT2D eigenvalue weighted by Crippen LogP contribution is 2.15. The number of pyridine rings is 1. The van der Waals surface area contributed by atoms with E-state index in [2.05, 4.69) is 4.98 Å². The van der Waals surface area contributed by atoms with Gasteiger partial charge in [-0.2, -0.15) is 0 Å². The molecule has 0 saturated heterocycles. The molecule has 2 rings (SSSR count). The number of alkyl halides is 1. The van der Waals surface area contributed by atoms with Crippen molar-refractivity contribution in [2.75, 3.05) is 12.9 Å². The lowest BCUT2D eigenvalue weighted by Crippen LogP contribution is -2.36. The molecule has 1 aromatic heterocycles. The highest BCUT2D eigenvalue weighted by Gasteiger charge is 2.16. The van der Waals surface area contributed by atoms with Crippen molar-refractivity contribution in [2.24, 2.45) is 0 Å². The zero-order valence-corrected chi connectivity index (χ0v) is 11.2. The first-order valence-electron chi connectivity index (χ1n) is 5.81. The Labute approximate surface area is 111 Å². The molecule has 1 unspecified atom stereocenters. The van der Waals surface area contributed by atoms with Gasteiger partial charge in [0.1, 0.15) is 0 Å². The van der Waals surface area contributed by atoms with Gasteiger partial charge in [0.2, 0.25) is 0 Å². The minimum Gasteiger partial charge on any atom is -0.338 e. The molecule has 0 fully saturated rings. The smallest absolute Gasteiger partial charge is 0.253 e. The minimum absolute atomic E-state index is 0.0174. The van der Waals surface area contributed by atoms with Crippen LogP contribution in [0.25, 0.3) is 10.9 Å². The molecule has 0 saturated carbocycles. The van der Waals surface area contributed by atoms with Crippen LogP contribution in [-0.4, -0.2) is 34.8 Å². The first-order valence-corrected chi connectivity index (χ1v) is 6.35. The third-order valence-electron chi connectivity index (χ3n) is 3.05. The summed E-state index contributed by atoms with van der Waals surface area (Å²) in [6.45, 7) is 1.92. The van der Waals surface area contributed by atoms with Crippen molar-refractivity contribution < 1.29 is 4.79 Å². The number of halogens is 1. The Morgan fingerprint density at radius 3 is 2.94 bits per heavy atom. The number of benzene rings is 1. The summed E-state index contributed by atoms with van der Waals surface area (Å²) in [6.07, 6.45) is 1.74. The summed E-state index contributed by atoms with van der Waals surface area (Å²) in [5, 5.41) is 0.968. The molecule has 1 heterocycles. The van der Waals surface area contributed by atoms with Crippen LogP contribution in [0.4, 0.5) is 0 Å². The molecule has 1 aromatic carbocycles. The molecular weight excluding hydrogens is 248 g/mol. The number of nitrogens with zero attached hydrogens (tertiary/aromatic N) is 2. The summed E-state index contributed by atoms with van der Waals surface area (Å²) in [7, 11) is 1.77. The normalized spacial score (nSPS) is 12.4. The second-order valence-electron chi connectivity index (χ2n) is 4.33. The van der Waals surface area contributed by atoms with Gasteiger partial charge in [0.05, 0.1) is 5.52 Å². The quantitative estimate of drug-likeness (QED) is 0.797. The number of carbonyl (C=O) groups excluding carboxylic acids is 1. The van der Waals surface area contributed by atoms with Crippen molar-refractivity contribution in [2.45, 2.75) is 13.0 Å². The Kier molecular flexibility index (Phi) is 3.82. The monoisotopic (exact) mass is 262 g/mol. The highest BCUT2D eigenvalue weighted by atomic mass is 35.5. The van der Waals surface area contributed by atoms with E-state index in [9.17, 15) is 4.79 Å². The van der Waals surface area contributed by atoms with Crippen LogP contribution in [0.1, 0.15) is 17.3 Å². The van der Waals surface area contributed by atoms with Crippen molar-refractivity contribution in [3.05, 3.63) is 42.1 Å². The van der Waals surface area contributed by atoms with Gasteiger partial charge in [-0.1, -0.05) is 6.07 Å². The van der Waals surface area contributed by atoms with Crippen molar-refractivity contribution in [3.8, 4) is 0 Å². The third-order valence-corrected chi connectivity index (χ3v) is 3.50. The van der Waals surface area contributed by atoms with E-state index in [-0.39, 0.29) is 11.9 Å².